The van der Waals surface area contributed by atoms with Crippen molar-refractivity contribution in [3.63, 3.8) is 0 Å². The van der Waals surface area contributed by atoms with E-state index >= 15 is 0 Å². The first kappa shape index (κ1) is 9.21. The van der Waals surface area contributed by atoms with Gasteiger partial charge >= 0.3 is 0 Å². The zero-order chi connectivity index (χ0) is 9.97. The van der Waals surface area contributed by atoms with Crippen LogP contribution in [0.5, 0.6) is 5.88 Å². The van der Waals surface area contributed by atoms with E-state index in [0.717, 1.165) is 10.2 Å². The SMILES string of the molecule is COc1ncccc1-n1cc(Br)cn1. The van der Waals surface area contributed by atoms with E-state index in [4.69, 9.17) is 4.74 Å². The molecular formula is C9H8BrN3O. The van der Waals surface area contributed by atoms with E-state index in [-0.39, 0.29) is 0 Å². The molecule has 0 spiro atoms. The summed E-state index contributed by atoms with van der Waals surface area (Å²) in [6.45, 7) is 0. The number of hydrogen-bond donors (Lipinski definition) is 0. The second kappa shape index (κ2) is 3.79. The monoisotopic (exact) mass is 253 g/mol. The number of halogens is 1. The molecule has 0 bridgehead atoms. The summed E-state index contributed by atoms with van der Waals surface area (Å²) >= 11 is 3.33. The Balaban J connectivity index is 2.50. The second-order valence-electron chi connectivity index (χ2n) is 2.63. The van der Waals surface area contributed by atoms with Crippen LogP contribution in [0.25, 0.3) is 5.69 Å². The average Bonchev–Trinajstić information content (AvgIpc) is 2.65. The van der Waals surface area contributed by atoms with Gasteiger partial charge in [0.2, 0.25) is 5.88 Å². The van der Waals surface area contributed by atoms with Gasteiger partial charge in [0, 0.05) is 12.4 Å². The Labute approximate surface area is 89.7 Å². The number of nitrogens with zero attached hydrogens (tertiary/aromatic N) is 3. The van der Waals surface area contributed by atoms with Gasteiger partial charge in [-0.2, -0.15) is 5.10 Å². The van der Waals surface area contributed by atoms with Crippen molar-refractivity contribution in [2.45, 2.75) is 0 Å². The van der Waals surface area contributed by atoms with E-state index in [2.05, 4.69) is 26.0 Å². The Kier molecular flexibility index (Phi) is 2.49. The van der Waals surface area contributed by atoms with Gasteiger partial charge in [-0.1, -0.05) is 0 Å². The van der Waals surface area contributed by atoms with Gasteiger partial charge in [0.25, 0.3) is 0 Å². The van der Waals surface area contributed by atoms with Crippen molar-refractivity contribution < 1.29 is 4.74 Å². The highest BCUT2D eigenvalue weighted by Crippen LogP contribution is 2.19. The Morgan fingerprint density at radius 2 is 2.36 bits per heavy atom. The molecule has 2 aromatic heterocycles. The minimum absolute atomic E-state index is 0.558. The van der Waals surface area contributed by atoms with Gasteiger partial charge in [-0.3, -0.25) is 0 Å². The third-order valence-electron chi connectivity index (χ3n) is 1.74. The summed E-state index contributed by atoms with van der Waals surface area (Å²) in [5.41, 5.74) is 0.820. The number of methoxy groups -OCH3 is 1. The van der Waals surface area contributed by atoms with Gasteiger partial charge in [0.1, 0.15) is 5.69 Å². The first-order valence-electron chi connectivity index (χ1n) is 4.01. The fourth-order valence-corrected chi connectivity index (χ4v) is 1.43. The van der Waals surface area contributed by atoms with Crippen molar-refractivity contribution in [2.75, 3.05) is 7.11 Å². The van der Waals surface area contributed by atoms with Gasteiger partial charge in [0.05, 0.1) is 17.8 Å². The summed E-state index contributed by atoms with van der Waals surface area (Å²) < 4.78 is 7.75. The molecule has 14 heavy (non-hydrogen) atoms. The maximum atomic E-state index is 5.12. The largest absolute Gasteiger partial charge is 0.479 e. The van der Waals surface area contributed by atoms with E-state index in [0.29, 0.717) is 5.88 Å². The number of pyridine rings is 1. The number of ether oxygens (including phenoxy) is 1. The molecule has 0 atom stereocenters. The predicted octanol–water partition coefficient (Wildman–Crippen LogP) is 2.04. The Morgan fingerprint density at radius 3 is 3.00 bits per heavy atom. The molecule has 0 saturated carbocycles. The van der Waals surface area contributed by atoms with Crippen molar-refractivity contribution in [2.24, 2.45) is 0 Å². The van der Waals surface area contributed by atoms with Crippen LogP contribution in [0.2, 0.25) is 0 Å². The van der Waals surface area contributed by atoms with Gasteiger partial charge < -0.3 is 4.74 Å². The first-order chi connectivity index (χ1) is 6.81. The molecule has 0 unspecified atom stereocenters. The number of aromatic nitrogens is 3. The summed E-state index contributed by atoms with van der Waals surface area (Å²) in [4.78, 5) is 4.08. The van der Waals surface area contributed by atoms with Crippen LogP contribution in [0.15, 0.2) is 35.2 Å². The smallest absolute Gasteiger partial charge is 0.239 e. The molecular weight excluding hydrogens is 246 g/mol. The lowest BCUT2D eigenvalue weighted by Crippen LogP contribution is -1.99. The first-order valence-corrected chi connectivity index (χ1v) is 4.80. The summed E-state index contributed by atoms with van der Waals surface area (Å²) in [5.74, 6) is 0.558. The lowest BCUT2D eigenvalue weighted by Gasteiger charge is -2.05. The lowest BCUT2D eigenvalue weighted by molar-refractivity contribution is 0.395. The van der Waals surface area contributed by atoms with E-state index in [1.54, 1.807) is 24.2 Å². The fraction of sp³-hybridized carbons (Fsp3) is 0.111. The molecule has 0 aliphatic carbocycles. The molecule has 5 heteroatoms. The zero-order valence-electron chi connectivity index (χ0n) is 7.51. The predicted molar refractivity (Wildman–Crippen MR) is 55.6 cm³/mol. The van der Waals surface area contributed by atoms with Crippen LogP contribution in [-0.4, -0.2) is 21.9 Å². The van der Waals surface area contributed by atoms with Crippen LogP contribution in [0.3, 0.4) is 0 Å². The molecule has 4 nitrogen and oxygen atoms in total. The van der Waals surface area contributed by atoms with Crippen molar-refractivity contribution in [3.8, 4) is 11.6 Å². The van der Waals surface area contributed by atoms with Gasteiger partial charge in [-0.05, 0) is 28.1 Å². The van der Waals surface area contributed by atoms with Crippen LogP contribution in [0, 0.1) is 0 Å². The van der Waals surface area contributed by atoms with Crippen LogP contribution in [0.1, 0.15) is 0 Å². The Morgan fingerprint density at radius 1 is 1.50 bits per heavy atom. The minimum atomic E-state index is 0.558. The van der Waals surface area contributed by atoms with E-state index in [9.17, 15) is 0 Å². The van der Waals surface area contributed by atoms with Crippen LogP contribution >= 0.6 is 15.9 Å². The van der Waals surface area contributed by atoms with Crippen molar-refractivity contribution in [3.05, 3.63) is 35.2 Å². The lowest BCUT2D eigenvalue weighted by atomic mass is 10.4. The standard InChI is InChI=1S/C9H8BrN3O/c1-14-9-8(3-2-4-11-9)13-6-7(10)5-12-13/h2-6H,1H3. The summed E-state index contributed by atoms with van der Waals surface area (Å²) in [7, 11) is 1.59. The van der Waals surface area contributed by atoms with Crippen LogP contribution < -0.4 is 4.74 Å². The van der Waals surface area contributed by atoms with Crippen molar-refractivity contribution in [1.29, 1.82) is 0 Å². The fourth-order valence-electron chi connectivity index (χ4n) is 1.15. The van der Waals surface area contributed by atoms with Crippen LogP contribution in [0.4, 0.5) is 0 Å². The van der Waals surface area contributed by atoms with Gasteiger partial charge in [-0.15, -0.1) is 0 Å². The Bertz CT molecular complexity index is 441. The third-order valence-corrected chi connectivity index (χ3v) is 2.15. The topological polar surface area (TPSA) is 39.9 Å². The number of hydrogen-bond acceptors (Lipinski definition) is 3. The van der Waals surface area contributed by atoms with Gasteiger partial charge in [0.15, 0.2) is 0 Å². The Hall–Kier alpha value is -1.36. The molecule has 0 fully saturated rings. The normalized spacial score (nSPS) is 10.1. The minimum Gasteiger partial charge on any atom is -0.479 e. The maximum Gasteiger partial charge on any atom is 0.239 e. The van der Waals surface area contributed by atoms with Gasteiger partial charge in [-0.25, -0.2) is 9.67 Å². The van der Waals surface area contributed by atoms with Crippen molar-refractivity contribution >= 4 is 15.9 Å². The zero-order valence-corrected chi connectivity index (χ0v) is 9.10. The summed E-state index contributed by atoms with van der Waals surface area (Å²) in [6.07, 6.45) is 5.24. The molecule has 2 aromatic rings. The highest BCUT2D eigenvalue weighted by Gasteiger charge is 2.05. The highest BCUT2D eigenvalue weighted by atomic mass is 79.9. The third kappa shape index (κ3) is 1.63. The molecule has 2 rings (SSSR count). The van der Waals surface area contributed by atoms with E-state index in [1.165, 1.54) is 0 Å². The molecule has 0 radical (unpaired) electrons. The highest BCUT2D eigenvalue weighted by molar-refractivity contribution is 9.10. The summed E-state index contributed by atoms with van der Waals surface area (Å²) in [5, 5.41) is 4.14. The van der Waals surface area contributed by atoms with E-state index < -0.39 is 0 Å². The van der Waals surface area contributed by atoms with E-state index in [1.807, 2.05) is 18.3 Å². The molecule has 2 heterocycles. The quantitative estimate of drug-likeness (QED) is 0.823. The average molecular weight is 254 g/mol. The molecule has 0 saturated heterocycles. The molecule has 72 valence electrons. The number of rotatable bonds is 2. The molecule has 0 aliphatic rings. The van der Waals surface area contributed by atoms with Crippen molar-refractivity contribution in [1.82, 2.24) is 14.8 Å². The molecule has 0 aliphatic heterocycles. The second-order valence-corrected chi connectivity index (χ2v) is 3.55. The molecule has 0 aromatic carbocycles. The maximum absolute atomic E-state index is 5.12. The molecule has 0 amide bonds. The summed E-state index contributed by atoms with van der Waals surface area (Å²) in [6, 6.07) is 3.73. The van der Waals surface area contributed by atoms with Crippen LogP contribution in [-0.2, 0) is 0 Å². The molecule has 0 N–H and O–H groups in total.